The Morgan fingerprint density at radius 1 is 1.09 bits per heavy atom. The molecule has 0 spiro atoms. The van der Waals surface area contributed by atoms with E-state index in [1.165, 1.54) is 6.26 Å². The minimum Gasteiger partial charge on any atom is -0.455 e. The average Bonchev–Trinajstić information content (AvgIpc) is 3.20. The first-order valence-corrected chi connectivity index (χ1v) is 10.9. The number of ether oxygens (including phenoxy) is 1. The number of hydrogen-bond donors (Lipinski definition) is 1. The summed E-state index contributed by atoms with van der Waals surface area (Å²) in [6, 6.07) is 17.2. The molecule has 0 saturated carbocycles. The summed E-state index contributed by atoms with van der Waals surface area (Å²) in [6.45, 7) is 1.45. The summed E-state index contributed by atoms with van der Waals surface area (Å²) >= 11 is 6.28. The lowest BCUT2D eigenvalue weighted by atomic mass is 10.2. The van der Waals surface area contributed by atoms with E-state index >= 15 is 0 Å². The highest BCUT2D eigenvalue weighted by atomic mass is 35.5. The number of para-hydroxylation sites is 1. The van der Waals surface area contributed by atoms with Gasteiger partial charge in [-0.15, -0.1) is 0 Å². The third-order valence-electron chi connectivity index (χ3n) is 5.32. The number of oxazole rings is 1. The largest absolute Gasteiger partial charge is 0.455 e. The zero-order valence-corrected chi connectivity index (χ0v) is 18.5. The number of benzene rings is 2. The fraction of sp³-hybridized carbons (Fsp3) is 0.160. The van der Waals surface area contributed by atoms with Crippen LogP contribution in [0.15, 0.2) is 77.7 Å². The number of hydrogen-bond acceptors (Lipinski definition) is 6. The number of amides is 1. The van der Waals surface area contributed by atoms with Gasteiger partial charge in [-0.2, -0.15) is 0 Å². The first-order valence-electron chi connectivity index (χ1n) is 10.5. The Labute approximate surface area is 196 Å². The van der Waals surface area contributed by atoms with Gasteiger partial charge in [0.05, 0.1) is 24.3 Å². The number of halogens is 1. The summed E-state index contributed by atoms with van der Waals surface area (Å²) < 4.78 is 11.8. The molecule has 0 bridgehead atoms. The van der Waals surface area contributed by atoms with Crippen molar-refractivity contribution in [3.8, 4) is 11.5 Å². The number of anilines is 1. The Bertz CT molecular complexity index is 1280. The number of carbonyl (C=O) groups is 1. The van der Waals surface area contributed by atoms with Crippen molar-refractivity contribution < 1.29 is 13.9 Å². The van der Waals surface area contributed by atoms with Gasteiger partial charge in [0, 0.05) is 36.1 Å². The third-order valence-corrected chi connectivity index (χ3v) is 5.56. The molecule has 4 aromatic rings. The second-order valence-corrected chi connectivity index (χ2v) is 8.16. The number of carbonyl (C=O) groups excluding carboxylic acids is 1. The smallest absolute Gasteiger partial charge is 0.226 e. The van der Waals surface area contributed by atoms with Crippen LogP contribution in [-0.4, -0.2) is 15.9 Å². The quantitative estimate of drug-likeness (QED) is 0.441. The van der Waals surface area contributed by atoms with Crippen molar-refractivity contribution in [2.45, 2.75) is 26.1 Å². The van der Waals surface area contributed by atoms with E-state index in [9.17, 15) is 4.79 Å². The van der Waals surface area contributed by atoms with Crippen molar-refractivity contribution in [3.63, 3.8) is 0 Å². The van der Waals surface area contributed by atoms with Gasteiger partial charge >= 0.3 is 0 Å². The summed E-state index contributed by atoms with van der Waals surface area (Å²) in [6.07, 6.45) is 5.07. The molecule has 3 heterocycles. The van der Waals surface area contributed by atoms with Crippen LogP contribution in [0.4, 0.5) is 5.69 Å². The van der Waals surface area contributed by atoms with E-state index in [1.54, 1.807) is 18.5 Å². The van der Waals surface area contributed by atoms with Gasteiger partial charge in [-0.25, -0.2) is 4.98 Å². The number of rotatable bonds is 6. The monoisotopic (exact) mass is 460 g/mol. The molecule has 2 aromatic carbocycles. The van der Waals surface area contributed by atoms with Crippen LogP contribution in [0.1, 0.15) is 22.7 Å². The molecule has 1 amide bonds. The summed E-state index contributed by atoms with van der Waals surface area (Å²) in [5.74, 6) is 1.91. The fourth-order valence-corrected chi connectivity index (χ4v) is 3.87. The Balaban J connectivity index is 1.29. The number of aromatic nitrogens is 2. The van der Waals surface area contributed by atoms with Crippen LogP contribution in [0.25, 0.3) is 0 Å². The maximum Gasteiger partial charge on any atom is 0.226 e. The van der Waals surface area contributed by atoms with Gasteiger partial charge in [-0.1, -0.05) is 29.8 Å². The average molecular weight is 461 g/mol. The van der Waals surface area contributed by atoms with Crippen molar-refractivity contribution in [2.24, 2.45) is 0 Å². The maximum atomic E-state index is 12.3. The molecular formula is C25H21ClN4O3. The molecule has 166 valence electrons. The van der Waals surface area contributed by atoms with E-state index in [1.807, 2.05) is 48.5 Å². The molecule has 5 rings (SSSR count). The Kier molecular flexibility index (Phi) is 5.95. The highest BCUT2D eigenvalue weighted by Gasteiger charge is 2.23. The van der Waals surface area contributed by atoms with Crippen molar-refractivity contribution >= 4 is 23.2 Å². The number of fused-ring (bicyclic) bond motifs is 2. The standard InChI is InChI=1S/C25H21ClN4O3/c26-19-5-6-23-21(11-19)30(14-18-3-1-2-4-22(18)33-23)15-25-29-20(16-32-25)12-24(31)28-13-17-7-9-27-10-8-17/h1-11,16H,12-15H2,(H,28,31). The molecule has 0 unspecified atom stereocenters. The van der Waals surface area contributed by atoms with Crippen molar-refractivity contribution in [2.75, 3.05) is 4.90 Å². The molecule has 0 radical (unpaired) electrons. The van der Waals surface area contributed by atoms with Crippen LogP contribution in [0, 0.1) is 0 Å². The van der Waals surface area contributed by atoms with Crippen LogP contribution < -0.4 is 15.0 Å². The number of pyridine rings is 1. The van der Waals surface area contributed by atoms with E-state index in [0.717, 1.165) is 22.6 Å². The van der Waals surface area contributed by atoms with Gasteiger partial charge < -0.3 is 19.4 Å². The topological polar surface area (TPSA) is 80.5 Å². The van der Waals surface area contributed by atoms with E-state index in [2.05, 4.69) is 20.2 Å². The van der Waals surface area contributed by atoms with Crippen molar-refractivity contribution in [1.29, 1.82) is 0 Å². The third kappa shape index (κ3) is 4.99. The van der Waals surface area contributed by atoms with Crippen LogP contribution in [0.5, 0.6) is 11.5 Å². The molecule has 1 aliphatic rings. The van der Waals surface area contributed by atoms with Crippen LogP contribution in [0.2, 0.25) is 5.02 Å². The highest BCUT2D eigenvalue weighted by molar-refractivity contribution is 6.31. The predicted octanol–water partition coefficient (Wildman–Crippen LogP) is 4.89. The first kappa shape index (κ1) is 21.0. The SMILES string of the molecule is O=C(Cc1coc(CN2Cc3ccccc3Oc3ccc(Cl)cc32)n1)NCc1ccncc1. The lowest BCUT2D eigenvalue weighted by Gasteiger charge is -2.22. The predicted molar refractivity (Wildman–Crippen MR) is 124 cm³/mol. The minimum atomic E-state index is -0.124. The summed E-state index contributed by atoms with van der Waals surface area (Å²) in [5.41, 5.74) is 3.47. The van der Waals surface area contributed by atoms with Gasteiger partial charge in [0.2, 0.25) is 11.8 Å². The molecule has 0 aliphatic carbocycles. The Morgan fingerprint density at radius 3 is 2.82 bits per heavy atom. The zero-order valence-electron chi connectivity index (χ0n) is 17.7. The Morgan fingerprint density at radius 2 is 1.94 bits per heavy atom. The summed E-state index contributed by atoms with van der Waals surface area (Å²) in [4.78, 5) is 22.9. The second-order valence-electron chi connectivity index (χ2n) is 7.72. The van der Waals surface area contributed by atoms with Crippen molar-refractivity contribution in [1.82, 2.24) is 15.3 Å². The van der Waals surface area contributed by atoms with Crippen LogP contribution in [-0.2, 0) is 30.8 Å². The lowest BCUT2D eigenvalue weighted by Crippen LogP contribution is -2.25. The summed E-state index contributed by atoms with van der Waals surface area (Å²) in [7, 11) is 0. The van der Waals surface area contributed by atoms with E-state index in [0.29, 0.717) is 42.0 Å². The molecule has 0 saturated heterocycles. The number of nitrogens with zero attached hydrogens (tertiary/aromatic N) is 3. The molecular weight excluding hydrogens is 440 g/mol. The van der Waals surface area contributed by atoms with Crippen LogP contribution >= 0.6 is 11.6 Å². The van der Waals surface area contributed by atoms with E-state index < -0.39 is 0 Å². The van der Waals surface area contributed by atoms with E-state index in [-0.39, 0.29) is 12.3 Å². The number of nitrogens with one attached hydrogen (secondary N) is 1. The van der Waals surface area contributed by atoms with Gasteiger partial charge in [-0.3, -0.25) is 9.78 Å². The molecule has 0 fully saturated rings. The molecule has 7 nitrogen and oxygen atoms in total. The molecule has 33 heavy (non-hydrogen) atoms. The normalized spacial score (nSPS) is 12.3. The van der Waals surface area contributed by atoms with Gasteiger partial charge in [-0.05, 0) is 42.0 Å². The molecule has 0 atom stereocenters. The maximum absolute atomic E-state index is 12.3. The van der Waals surface area contributed by atoms with Gasteiger partial charge in [0.15, 0.2) is 5.75 Å². The van der Waals surface area contributed by atoms with Crippen LogP contribution in [0.3, 0.4) is 0 Å². The zero-order chi connectivity index (χ0) is 22.6. The lowest BCUT2D eigenvalue weighted by molar-refractivity contribution is -0.120. The first-order chi connectivity index (χ1) is 16.1. The summed E-state index contributed by atoms with van der Waals surface area (Å²) in [5, 5.41) is 3.50. The molecule has 1 aliphatic heterocycles. The van der Waals surface area contributed by atoms with Gasteiger partial charge in [0.1, 0.15) is 12.0 Å². The minimum absolute atomic E-state index is 0.124. The highest BCUT2D eigenvalue weighted by Crippen LogP contribution is 2.40. The fourth-order valence-electron chi connectivity index (χ4n) is 3.70. The molecule has 2 aromatic heterocycles. The molecule has 1 N–H and O–H groups in total. The van der Waals surface area contributed by atoms with Gasteiger partial charge in [0.25, 0.3) is 0 Å². The second kappa shape index (κ2) is 9.34. The Hall–Kier alpha value is -3.84. The molecule has 8 heteroatoms. The van der Waals surface area contributed by atoms with Crippen molar-refractivity contribution in [3.05, 3.63) is 101 Å². The van der Waals surface area contributed by atoms with E-state index in [4.69, 9.17) is 20.8 Å².